The summed E-state index contributed by atoms with van der Waals surface area (Å²) < 4.78 is 12.4. The van der Waals surface area contributed by atoms with E-state index in [9.17, 15) is 0 Å². The topological polar surface area (TPSA) is 44.5 Å². The molecular formula is C15H18BrNO2S. The van der Waals surface area contributed by atoms with Crippen molar-refractivity contribution in [3.8, 4) is 11.5 Å². The van der Waals surface area contributed by atoms with Crippen molar-refractivity contribution in [3.63, 3.8) is 0 Å². The minimum Gasteiger partial charge on any atom is -0.493 e. The van der Waals surface area contributed by atoms with Gasteiger partial charge in [0, 0.05) is 20.8 Å². The SMILES string of the molecule is COc1cccc(CC(C)N)c1OCc1cc(Br)cs1. The largest absolute Gasteiger partial charge is 0.493 e. The first-order valence-corrected chi connectivity index (χ1v) is 8.04. The molecule has 5 heteroatoms. The van der Waals surface area contributed by atoms with E-state index in [1.165, 1.54) is 0 Å². The van der Waals surface area contributed by atoms with Crippen LogP contribution in [0.3, 0.4) is 0 Å². The van der Waals surface area contributed by atoms with Crippen LogP contribution < -0.4 is 15.2 Å². The molecule has 20 heavy (non-hydrogen) atoms. The molecule has 0 spiro atoms. The molecule has 0 aliphatic rings. The van der Waals surface area contributed by atoms with Gasteiger partial charge in [0.25, 0.3) is 0 Å². The lowest BCUT2D eigenvalue weighted by molar-refractivity contribution is 0.283. The minimum absolute atomic E-state index is 0.0836. The molecule has 2 rings (SSSR count). The molecule has 2 N–H and O–H groups in total. The molecular weight excluding hydrogens is 338 g/mol. The Morgan fingerprint density at radius 3 is 2.80 bits per heavy atom. The number of methoxy groups -OCH3 is 1. The van der Waals surface area contributed by atoms with E-state index in [2.05, 4.69) is 22.0 Å². The lowest BCUT2D eigenvalue weighted by Gasteiger charge is -2.15. The Bertz CT molecular complexity index is 569. The lowest BCUT2D eigenvalue weighted by Crippen LogP contribution is -2.18. The summed E-state index contributed by atoms with van der Waals surface area (Å²) in [6.45, 7) is 2.52. The molecule has 1 aromatic heterocycles. The van der Waals surface area contributed by atoms with Crippen molar-refractivity contribution in [3.05, 3.63) is 44.6 Å². The Hall–Kier alpha value is -1.04. The Kier molecular flexibility index (Phi) is 5.46. The van der Waals surface area contributed by atoms with Crippen LogP contribution in [0.2, 0.25) is 0 Å². The van der Waals surface area contributed by atoms with Gasteiger partial charge < -0.3 is 15.2 Å². The van der Waals surface area contributed by atoms with Crippen molar-refractivity contribution in [2.75, 3.05) is 7.11 Å². The molecule has 0 radical (unpaired) electrons. The van der Waals surface area contributed by atoms with Gasteiger partial charge in [0.05, 0.1) is 7.11 Å². The summed E-state index contributed by atoms with van der Waals surface area (Å²) in [5, 5.41) is 2.05. The van der Waals surface area contributed by atoms with Crippen LogP contribution in [0.4, 0.5) is 0 Å². The number of nitrogens with two attached hydrogens (primary N) is 1. The van der Waals surface area contributed by atoms with E-state index in [0.717, 1.165) is 32.8 Å². The molecule has 0 aliphatic heterocycles. The first-order chi connectivity index (χ1) is 9.60. The molecule has 1 heterocycles. The number of para-hydroxylation sites is 1. The van der Waals surface area contributed by atoms with Gasteiger partial charge in [0.1, 0.15) is 6.61 Å². The molecule has 0 fully saturated rings. The van der Waals surface area contributed by atoms with Gasteiger partial charge in [-0.25, -0.2) is 0 Å². The van der Waals surface area contributed by atoms with Crippen LogP contribution in [0.5, 0.6) is 11.5 Å². The first kappa shape index (κ1) is 15.4. The van der Waals surface area contributed by atoms with E-state index < -0.39 is 0 Å². The molecule has 0 aliphatic carbocycles. The summed E-state index contributed by atoms with van der Waals surface area (Å²) in [7, 11) is 1.65. The third-order valence-electron chi connectivity index (χ3n) is 2.80. The first-order valence-electron chi connectivity index (χ1n) is 6.37. The van der Waals surface area contributed by atoms with Crippen LogP contribution in [0.1, 0.15) is 17.4 Å². The molecule has 0 amide bonds. The monoisotopic (exact) mass is 355 g/mol. The van der Waals surface area contributed by atoms with Crippen LogP contribution in [-0.2, 0) is 13.0 Å². The third-order valence-corrected chi connectivity index (χ3v) is 4.47. The van der Waals surface area contributed by atoms with Gasteiger partial charge in [-0.2, -0.15) is 0 Å². The highest BCUT2D eigenvalue weighted by Gasteiger charge is 2.12. The number of halogens is 1. The Balaban J connectivity index is 2.19. The second kappa shape index (κ2) is 7.11. The van der Waals surface area contributed by atoms with Crippen molar-refractivity contribution in [2.24, 2.45) is 5.73 Å². The summed E-state index contributed by atoms with van der Waals surface area (Å²) in [5.41, 5.74) is 6.97. The fourth-order valence-corrected chi connectivity index (χ4v) is 3.33. The molecule has 1 unspecified atom stereocenters. The Labute approximate surface area is 131 Å². The zero-order valence-electron chi connectivity index (χ0n) is 11.6. The van der Waals surface area contributed by atoms with Gasteiger partial charge in [-0.15, -0.1) is 11.3 Å². The Morgan fingerprint density at radius 2 is 2.20 bits per heavy atom. The third kappa shape index (κ3) is 3.98. The molecule has 0 bridgehead atoms. The normalized spacial score (nSPS) is 12.2. The summed E-state index contributed by atoms with van der Waals surface area (Å²) >= 11 is 5.11. The number of ether oxygens (including phenoxy) is 2. The summed E-state index contributed by atoms with van der Waals surface area (Å²) in [6.07, 6.45) is 0.765. The highest BCUT2D eigenvalue weighted by Crippen LogP contribution is 2.33. The molecule has 1 aromatic carbocycles. The molecule has 3 nitrogen and oxygen atoms in total. The van der Waals surface area contributed by atoms with Crippen molar-refractivity contribution in [1.82, 2.24) is 0 Å². The van der Waals surface area contributed by atoms with Crippen molar-refractivity contribution in [2.45, 2.75) is 26.0 Å². The smallest absolute Gasteiger partial charge is 0.164 e. The zero-order chi connectivity index (χ0) is 14.5. The highest BCUT2D eigenvalue weighted by atomic mass is 79.9. The molecule has 0 saturated heterocycles. The summed E-state index contributed by atoms with van der Waals surface area (Å²) in [4.78, 5) is 1.16. The highest BCUT2D eigenvalue weighted by molar-refractivity contribution is 9.10. The van der Waals surface area contributed by atoms with E-state index in [1.54, 1.807) is 18.4 Å². The number of thiophene rings is 1. The van der Waals surface area contributed by atoms with Crippen LogP contribution in [0.15, 0.2) is 34.1 Å². The van der Waals surface area contributed by atoms with Crippen LogP contribution in [0.25, 0.3) is 0 Å². The number of hydrogen-bond donors (Lipinski definition) is 1. The van der Waals surface area contributed by atoms with Gasteiger partial charge >= 0.3 is 0 Å². The zero-order valence-corrected chi connectivity index (χ0v) is 14.0. The molecule has 2 aromatic rings. The standard InChI is InChI=1S/C15H18BrNO2S/c1-10(17)6-11-4-3-5-14(18-2)15(11)19-8-13-7-12(16)9-20-13/h3-5,7,9-10H,6,8,17H2,1-2H3. The second-order valence-corrected chi connectivity index (χ2v) is 6.56. The molecule has 0 saturated carbocycles. The number of benzene rings is 1. The number of rotatable bonds is 6. The maximum Gasteiger partial charge on any atom is 0.164 e. The Morgan fingerprint density at radius 1 is 1.40 bits per heavy atom. The average Bonchev–Trinajstić information content (AvgIpc) is 2.82. The predicted octanol–water partition coefficient (Wildman–Crippen LogP) is 3.99. The van der Waals surface area contributed by atoms with E-state index >= 15 is 0 Å². The van der Waals surface area contributed by atoms with Gasteiger partial charge in [0.15, 0.2) is 11.5 Å². The summed E-state index contributed by atoms with van der Waals surface area (Å²) in [5.74, 6) is 1.54. The van der Waals surface area contributed by atoms with Crippen LogP contribution >= 0.6 is 27.3 Å². The van der Waals surface area contributed by atoms with Crippen molar-refractivity contribution in [1.29, 1.82) is 0 Å². The average molecular weight is 356 g/mol. The predicted molar refractivity (Wildman–Crippen MR) is 86.7 cm³/mol. The van der Waals surface area contributed by atoms with Gasteiger partial charge in [-0.3, -0.25) is 0 Å². The fourth-order valence-electron chi connectivity index (χ4n) is 1.97. The number of hydrogen-bond acceptors (Lipinski definition) is 4. The van der Waals surface area contributed by atoms with Crippen LogP contribution in [-0.4, -0.2) is 13.2 Å². The maximum absolute atomic E-state index is 5.97. The molecule has 1 atom stereocenters. The maximum atomic E-state index is 5.97. The van der Waals surface area contributed by atoms with E-state index in [1.807, 2.05) is 30.5 Å². The quantitative estimate of drug-likeness (QED) is 0.851. The van der Waals surface area contributed by atoms with Gasteiger partial charge in [-0.1, -0.05) is 12.1 Å². The van der Waals surface area contributed by atoms with E-state index in [-0.39, 0.29) is 6.04 Å². The van der Waals surface area contributed by atoms with Crippen LogP contribution in [0, 0.1) is 0 Å². The lowest BCUT2D eigenvalue weighted by atomic mass is 10.1. The van der Waals surface area contributed by atoms with E-state index in [0.29, 0.717) is 6.61 Å². The summed E-state index contributed by atoms with van der Waals surface area (Å²) in [6, 6.07) is 8.05. The van der Waals surface area contributed by atoms with E-state index in [4.69, 9.17) is 15.2 Å². The fraction of sp³-hybridized carbons (Fsp3) is 0.333. The minimum atomic E-state index is 0.0836. The van der Waals surface area contributed by atoms with Gasteiger partial charge in [-0.05, 0) is 47.0 Å². The second-order valence-electron chi connectivity index (χ2n) is 4.65. The van der Waals surface area contributed by atoms with Gasteiger partial charge in [0.2, 0.25) is 0 Å². The molecule has 108 valence electrons. The van der Waals surface area contributed by atoms with Crippen molar-refractivity contribution < 1.29 is 9.47 Å². The van der Waals surface area contributed by atoms with Crippen molar-refractivity contribution >= 4 is 27.3 Å².